The SMILES string of the molecule is Cc1nn(C)c(C)c1NC(=O)CN1C[C@@H](C)CN(Cc2ccccc2)c2ccccc21. The van der Waals surface area contributed by atoms with Crippen LogP contribution in [0.3, 0.4) is 0 Å². The summed E-state index contributed by atoms with van der Waals surface area (Å²) in [6, 6.07) is 19.0. The maximum absolute atomic E-state index is 13.0. The molecule has 2 aromatic carbocycles. The molecule has 31 heavy (non-hydrogen) atoms. The Morgan fingerprint density at radius 3 is 2.26 bits per heavy atom. The Labute approximate surface area is 184 Å². The maximum Gasteiger partial charge on any atom is 0.243 e. The third-order valence-corrected chi connectivity index (χ3v) is 5.95. The fraction of sp³-hybridized carbons (Fsp3) is 0.360. The van der Waals surface area contributed by atoms with E-state index in [-0.39, 0.29) is 5.91 Å². The minimum absolute atomic E-state index is 0.0160. The van der Waals surface area contributed by atoms with E-state index in [1.54, 1.807) is 4.68 Å². The van der Waals surface area contributed by atoms with Crippen LogP contribution in [-0.4, -0.2) is 35.3 Å². The molecule has 0 saturated carbocycles. The highest BCUT2D eigenvalue weighted by atomic mass is 16.2. The van der Waals surface area contributed by atoms with Gasteiger partial charge in [-0.1, -0.05) is 49.4 Å². The third-order valence-electron chi connectivity index (χ3n) is 5.95. The Bertz CT molecular complexity index is 1060. The first kappa shape index (κ1) is 21.0. The number of carbonyl (C=O) groups is 1. The molecule has 0 aliphatic carbocycles. The van der Waals surface area contributed by atoms with Gasteiger partial charge in [-0.2, -0.15) is 5.10 Å². The summed E-state index contributed by atoms with van der Waals surface area (Å²) < 4.78 is 1.80. The molecule has 1 atom stereocenters. The summed E-state index contributed by atoms with van der Waals surface area (Å²) in [5, 5.41) is 7.49. The van der Waals surface area contributed by atoms with Crippen molar-refractivity contribution in [2.45, 2.75) is 27.3 Å². The number of aromatic nitrogens is 2. The second-order valence-corrected chi connectivity index (χ2v) is 8.56. The normalized spacial score (nSPS) is 16.1. The lowest BCUT2D eigenvalue weighted by Gasteiger charge is -2.27. The van der Waals surface area contributed by atoms with Gasteiger partial charge in [-0.3, -0.25) is 9.48 Å². The van der Waals surface area contributed by atoms with Gasteiger partial charge in [-0.15, -0.1) is 0 Å². The summed E-state index contributed by atoms with van der Waals surface area (Å²) in [7, 11) is 1.89. The van der Waals surface area contributed by atoms with Crippen molar-refractivity contribution in [3.8, 4) is 0 Å². The third kappa shape index (κ3) is 4.58. The standard InChI is InChI=1S/C25H31N5O/c1-18-14-29(16-21-10-6-5-7-11-21)22-12-8-9-13-23(22)30(15-18)17-24(31)26-25-19(2)27-28(4)20(25)3/h5-13,18H,14-17H2,1-4H3,(H,26,31)/t18-/m0/s1. The minimum atomic E-state index is -0.0160. The number of amides is 1. The predicted molar refractivity (Wildman–Crippen MR) is 127 cm³/mol. The number of fused-ring (bicyclic) bond motifs is 1. The maximum atomic E-state index is 13.0. The van der Waals surface area contributed by atoms with Crippen molar-refractivity contribution in [1.29, 1.82) is 0 Å². The van der Waals surface area contributed by atoms with E-state index >= 15 is 0 Å². The Morgan fingerprint density at radius 2 is 1.61 bits per heavy atom. The van der Waals surface area contributed by atoms with Gasteiger partial charge in [0, 0.05) is 26.7 Å². The molecule has 0 bridgehead atoms. The highest BCUT2D eigenvalue weighted by molar-refractivity contribution is 5.95. The van der Waals surface area contributed by atoms with Crippen molar-refractivity contribution in [3.05, 3.63) is 71.5 Å². The molecule has 6 heteroatoms. The largest absolute Gasteiger partial charge is 0.365 e. The average Bonchev–Trinajstić information content (AvgIpc) is 2.91. The van der Waals surface area contributed by atoms with E-state index in [1.807, 2.05) is 20.9 Å². The summed E-state index contributed by atoms with van der Waals surface area (Å²) >= 11 is 0. The number of nitrogens with zero attached hydrogens (tertiary/aromatic N) is 4. The molecule has 0 unspecified atom stereocenters. The zero-order valence-corrected chi connectivity index (χ0v) is 18.8. The summed E-state index contributed by atoms with van der Waals surface area (Å²) in [5.74, 6) is 0.406. The molecule has 1 amide bonds. The molecule has 0 fully saturated rings. The van der Waals surface area contributed by atoms with Crippen LogP contribution in [0.1, 0.15) is 23.9 Å². The topological polar surface area (TPSA) is 53.4 Å². The number of benzene rings is 2. The number of hydrogen-bond acceptors (Lipinski definition) is 4. The number of carbonyl (C=O) groups excluding carboxylic acids is 1. The van der Waals surface area contributed by atoms with Gasteiger partial charge in [0.15, 0.2) is 0 Å². The molecule has 0 radical (unpaired) electrons. The Morgan fingerprint density at radius 1 is 1.00 bits per heavy atom. The first-order chi connectivity index (χ1) is 14.9. The van der Waals surface area contributed by atoms with Gasteiger partial charge >= 0.3 is 0 Å². The zero-order valence-electron chi connectivity index (χ0n) is 18.8. The van der Waals surface area contributed by atoms with Gasteiger partial charge in [0.25, 0.3) is 0 Å². The van der Waals surface area contributed by atoms with Gasteiger partial charge in [-0.05, 0) is 37.5 Å². The van der Waals surface area contributed by atoms with E-state index in [2.05, 4.69) is 81.7 Å². The number of hydrogen-bond donors (Lipinski definition) is 1. The number of anilines is 3. The molecule has 0 spiro atoms. The van der Waals surface area contributed by atoms with Crippen molar-refractivity contribution in [2.24, 2.45) is 13.0 Å². The summed E-state index contributed by atoms with van der Waals surface area (Å²) in [6.45, 7) is 9.11. The molecule has 1 aliphatic rings. The van der Waals surface area contributed by atoms with Gasteiger partial charge < -0.3 is 15.1 Å². The van der Waals surface area contributed by atoms with Crippen molar-refractivity contribution in [1.82, 2.24) is 9.78 Å². The summed E-state index contributed by atoms with van der Waals surface area (Å²) in [4.78, 5) is 17.6. The van der Waals surface area contributed by atoms with Crippen LogP contribution in [0.5, 0.6) is 0 Å². The molecule has 4 rings (SSSR count). The van der Waals surface area contributed by atoms with Crippen LogP contribution in [-0.2, 0) is 18.4 Å². The van der Waals surface area contributed by atoms with E-state index in [9.17, 15) is 4.79 Å². The average molecular weight is 418 g/mol. The van der Waals surface area contributed by atoms with E-state index in [4.69, 9.17) is 0 Å². The predicted octanol–water partition coefficient (Wildman–Crippen LogP) is 4.14. The number of nitrogens with one attached hydrogen (secondary N) is 1. The van der Waals surface area contributed by atoms with Gasteiger partial charge in [0.1, 0.15) is 0 Å². The number of aryl methyl sites for hydroxylation is 2. The molecule has 0 saturated heterocycles. The van der Waals surface area contributed by atoms with E-state index in [0.29, 0.717) is 12.5 Å². The second-order valence-electron chi connectivity index (χ2n) is 8.56. The number of rotatable bonds is 5. The monoisotopic (exact) mass is 417 g/mol. The lowest BCUT2D eigenvalue weighted by atomic mass is 10.1. The van der Waals surface area contributed by atoms with E-state index < -0.39 is 0 Å². The molecule has 1 N–H and O–H groups in total. The molecule has 3 aromatic rings. The highest BCUT2D eigenvalue weighted by Crippen LogP contribution is 2.34. The van der Waals surface area contributed by atoms with Gasteiger partial charge in [0.2, 0.25) is 5.91 Å². The molecule has 1 aliphatic heterocycles. The van der Waals surface area contributed by atoms with Crippen LogP contribution in [0.2, 0.25) is 0 Å². The Hall–Kier alpha value is -3.28. The second kappa shape index (κ2) is 8.84. The molecule has 1 aromatic heterocycles. The smallest absolute Gasteiger partial charge is 0.243 e. The van der Waals surface area contributed by atoms with Crippen molar-refractivity contribution < 1.29 is 4.79 Å². The highest BCUT2D eigenvalue weighted by Gasteiger charge is 2.26. The van der Waals surface area contributed by atoms with Gasteiger partial charge in [-0.25, -0.2) is 0 Å². The minimum Gasteiger partial charge on any atom is -0.365 e. The fourth-order valence-electron chi connectivity index (χ4n) is 4.42. The quantitative estimate of drug-likeness (QED) is 0.678. The molecule has 162 valence electrons. The van der Waals surface area contributed by atoms with Crippen LogP contribution in [0.4, 0.5) is 17.1 Å². The van der Waals surface area contributed by atoms with Crippen molar-refractivity contribution in [3.63, 3.8) is 0 Å². The van der Waals surface area contributed by atoms with Crippen LogP contribution >= 0.6 is 0 Å². The first-order valence-corrected chi connectivity index (χ1v) is 10.8. The molecular weight excluding hydrogens is 386 g/mol. The van der Waals surface area contributed by atoms with Crippen molar-refractivity contribution in [2.75, 3.05) is 34.8 Å². The first-order valence-electron chi connectivity index (χ1n) is 10.8. The molecule has 6 nitrogen and oxygen atoms in total. The van der Waals surface area contributed by atoms with E-state index in [1.165, 1.54) is 11.3 Å². The van der Waals surface area contributed by atoms with Crippen molar-refractivity contribution >= 4 is 23.0 Å². The Kier molecular flexibility index (Phi) is 5.98. The van der Waals surface area contributed by atoms with Crippen LogP contribution in [0.15, 0.2) is 54.6 Å². The van der Waals surface area contributed by atoms with Crippen LogP contribution in [0, 0.1) is 19.8 Å². The molecular formula is C25H31N5O. The Balaban J connectivity index is 1.57. The van der Waals surface area contributed by atoms with Crippen LogP contribution in [0.25, 0.3) is 0 Å². The fourth-order valence-corrected chi connectivity index (χ4v) is 4.42. The van der Waals surface area contributed by atoms with E-state index in [0.717, 1.165) is 42.4 Å². The summed E-state index contributed by atoms with van der Waals surface area (Å²) in [6.07, 6.45) is 0. The zero-order chi connectivity index (χ0) is 22.0. The molecule has 2 heterocycles. The van der Waals surface area contributed by atoms with Crippen LogP contribution < -0.4 is 15.1 Å². The lowest BCUT2D eigenvalue weighted by Crippen LogP contribution is -2.36. The lowest BCUT2D eigenvalue weighted by molar-refractivity contribution is -0.115. The number of para-hydroxylation sites is 2. The van der Waals surface area contributed by atoms with Gasteiger partial charge in [0.05, 0.1) is 35.0 Å². The summed E-state index contributed by atoms with van der Waals surface area (Å²) in [5.41, 5.74) is 6.19.